The first-order valence-electron chi connectivity index (χ1n) is 8.08. The van der Waals surface area contributed by atoms with Gasteiger partial charge in [0.25, 0.3) is 5.91 Å². The van der Waals surface area contributed by atoms with Crippen LogP contribution in [-0.2, 0) is 0 Å². The second-order valence-electron chi connectivity index (χ2n) is 5.91. The number of furan rings is 1. The highest BCUT2D eigenvalue weighted by molar-refractivity contribution is 5.95. The molecular weight excluding hydrogens is 338 g/mol. The molecule has 0 N–H and O–H groups in total. The molecule has 1 aliphatic rings. The fourth-order valence-electron chi connectivity index (χ4n) is 2.86. The Labute approximate surface area is 149 Å². The standard InChI is InChI=1S/C18H17N3O5/c1-23-13-6-5-11(8-15(13)24-2)18(22)21-9-12(10-21)17-19-16(20-26-17)14-4-3-7-25-14/h3-8,12H,9-10H2,1-2H3. The second kappa shape index (κ2) is 6.55. The van der Waals surface area contributed by atoms with Crippen molar-refractivity contribution in [1.82, 2.24) is 15.0 Å². The van der Waals surface area contributed by atoms with Crippen molar-refractivity contribution in [3.05, 3.63) is 48.0 Å². The number of nitrogens with zero attached hydrogens (tertiary/aromatic N) is 3. The average molecular weight is 355 g/mol. The molecule has 0 radical (unpaired) electrons. The van der Waals surface area contributed by atoms with E-state index in [1.165, 1.54) is 7.11 Å². The molecule has 1 fully saturated rings. The Morgan fingerprint density at radius 1 is 1.19 bits per heavy atom. The zero-order valence-corrected chi connectivity index (χ0v) is 14.3. The fourth-order valence-corrected chi connectivity index (χ4v) is 2.86. The highest BCUT2D eigenvalue weighted by Crippen LogP contribution is 2.31. The first kappa shape index (κ1) is 16.2. The Bertz CT molecular complexity index is 913. The Morgan fingerprint density at radius 2 is 2.00 bits per heavy atom. The summed E-state index contributed by atoms with van der Waals surface area (Å²) in [7, 11) is 3.10. The van der Waals surface area contributed by atoms with E-state index in [0.717, 1.165) is 0 Å². The molecular formula is C18H17N3O5. The third kappa shape index (κ3) is 2.79. The smallest absolute Gasteiger partial charge is 0.254 e. The van der Waals surface area contributed by atoms with Crippen LogP contribution in [0, 0.1) is 0 Å². The van der Waals surface area contributed by atoms with Crippen molar-refractivity contribution in [2.75, 3.05) is 27.3 Å². The molecule has 0 unspecified atom stereocenters. The molecule has 1 amide bonds. The van der Waals surface area contributed by atoms with Crippen molar-refractivity contribution in [2.24, 2.45) is 0 Å². The summed E-state index contributed by atoms with van der Waals surface area (Å²) >= 11 is 0. The maximum atomic E-state index is 12.6. The van der Waals surface area contributed by atoms with Crippen LogP contribution in [0.5, 0.6) is 11.5 Å². The van der Waals surface area contributed by atoms with Crippen LogP contribution in [0.25, 0.3) is 11.6 Å². The number of methoxy groups -OCH3 is 2. The summed E-state index contributed by atoms with van der Waals surface area (Å²) in [6, 6.07) is 8.65. The molecule has 1 aliphatic heterocycles. The van der Waals surface area contributed by atoms with Gasteiger partial charge in [-0.2, -0.15) is 4.98 Å². The molecule has 2 aromatic heterocycles. The van der Waals surface area contributed by atoms with Gasteiger partial charge in [0.2, 0.25) is 11.7 Å². The molecule has 3 heterocycles. The number of carbonyl (C=O) groups excluding carboxylic acids is 1. The third-order valence-electron chi connectivity index (χ3n) is 4.33. The van der Waals surface area contributed by atoms with Crippen molar-refractivity contribution >= 4 is 5.91 Å². The number of hydrogen-bond acceptors (Lipinski definition) is 7. The lowest BCUT2D eigenvalue weighted by atomic mass is 9.98. The monoisotopic (exact) mass is 355 g/mol. The van der Waals surface area contributed by atoms with Gasteiger partial charge in [-0.1, -0.05) is 5.16 Å². The molecule has 26 heavy (non-hydrogen) atoms. The van der Waals surface area contributed by atoms with Gasteiger partial charge in [0.05, 0.1) is 26.4 Å². The molecule has 3 aromatic rings. The first-order chi connectivity index (χ1) is 12.7. The number of ether oxygens (including phenoxy) is 2. The zero-order chi connectivity index (χ0) is 18.1. The molecule has 0 saturated carbocycles. The van der Waals surface area contributed by atoms with E-state index < -0.39 is 0 Å². The Kier molecular flexibility index (Phi) is 4.08. The van der Waals surface area contributed by atoms with Crippen molar-refractivity contribution in [3.8, 4) is 23.1 Å². The molecule has 4 rings (SSSR count). The van der Waals surface area contributed by atoms with Crippen LogP contribution in [0.3, 0.4) is 0 Å². The summed E-state index contributed by atoms with van der Waals surface area (Å²) in [4.78, 5) is 18.7. The maximum absolute atomic E-state index is 12.6. The number of benzene rings is 1. The van der Waals surface area contributed by atoms with E-state index in [-0.39, 0.29) is 11.8 Å². The third-order valence-corrected chi connectivity index (χ3v) is 4.33. The van der Waals surface area contributed by atoms with Crippen LogP contribution in [0.4, 0.5) is 0 Å². The predicted octanol–water partition coefficient (Wildman–Crippen LogP) is 2.59. The van der Waals surface area contributed by atoms with Gasteiger partial charge >= 0.3 is 0 Å². The topological polar surface area (TPSA) is 90.8 Å². The lowest BCUT2D eigenvalue weighted by Crippen LogP contribution is -2.48. The molecule has 0 atom stereocenters. The van der Waals surface area contributed by atoms with E-state index >= 15 is 0 Å². The largest absolute Gasteiger partial charge is 0.493 e. The van der Waals surface area contributed by atoms with E-state index in [2.05, 4.69) is 10.1 Å². The van der Waals surface area contributed by atoms with Crippen LogP contribution in [0.2, 0.25) is 0 Å². The zero-order valence-electron chi connectivity index (χ0n) is 14.3. The summed E-state index contributed by atoms with van der Waals surface area (Å²) in [6.45, 7) is 1.04. The van der Waals surface area contributed by atoms with E-state index in [4.69, 9.17) is 18.4 Å². The van der Waals surface area contributed by atoms with Crippen molar-refractivity contribution in [1.29, 1.82) is 0 Å². The van der Waals surface area contributed by atoms with Crippen LogP contribution in [-0.4, -0.2) is 48.3 Å². The summed E-state index contributed by atoms with van der Waals surface area (Å²) in [5, 5.41) is 3.92. The van der Waals surface area contributed by atoms with E-state index in [1.54, 1.807) is 48.6 Å². The van der Waals surface area contributed by atoms with Crippen molar-refractivity contribution in [2.45, 2.75) is 5.92 Å². The Balaban J connectivity index is 1.42. The summed E-state index contributed by atoms with van der Waals surface area (Å²) < 4.78 is 21.0. The summed E-state index contributed by atoms with van der Waals surface area (Å²) in [5.41, 5.74) is 0.544. The first-order valence-corrected chi connectivity index (χ1v) is 8.08. The average Bonchev–Trinajstić information content (AvgIpc) is 3.31. The molecule has 0 bridgehead atoms. The minimum absolute atomic E-state index is 0.0234. The maximum Gasteiger partial charge on any atom is 0.254 e. The van der Waals surface area contributed by atoms with Gasteiger partial charge in [-0.15, -0.1) is 0 Å². The lowest BCUT2D eigenvalue weighted by Gasteiger charge is -2.37. The molecule has 0 aliphatic carbocycles. The number of rotatable bonds is 5. The minimum atomic E-state index is -0.0759. The number of carbonyl (C=O) groups is 1. The Hall–Kier alpha value is -3.29. The number of amides is 1. The molecule has 1 saturated heterocycles. The molecule has 0 spiro atoms. The number of aromatic nitrogens is 2. The van der Waals surface area contributed by atoms with Crippen LogP contribution in [0.1, 0.15) is 22.2 Å². The predicted molar refractivity (Wildman–Crippen MR) is 90.2 cm³/mol. The normalized spacial score (nSPS) is 14.2. The van der Waals surface area contributed by atoms with Gasteiger partial charge in [0, 0.05) is 18.7 Å². The molecule has 1 aromatic carbocycles. The molecule has 134 valence electrons. The van der Waals surface area contributed by atoms with E-state index in [1.807, 2.05) is 0 Å². The lowest BCUT2D eigenvalue weighted by molar-refractivity contribution is 0.0569. The van der Waals surface area contributed by atoms with Gasteiger partial charge in [-0.3, -0.25) is 4.79 Å². The van der Waals surface area contributed by atoms with E-state index in [9.17, 15) is 4.79 Å². The number of likely N-dealkylation sites (tertiary alicyclic amines) is 1. The Morgan fingerprint density at radius 3 is 2.69 bits per heavy atom. The van der Waals surface area contributed by atoms with Gasteiger partial charge in [-0.25, -0.2) is 0 Å². The minimum Gasteiger partial charge on any atom is -0.493 e. The van der Waals surface area contributed by atoms with Gasteiger partial charge in [0.1, 0.15) is 0 Å². The van der Waals surface area contributed by atoms with Gasteiger partial charge < -0.3 is 23.3 Å². The van der Waals surface area contributed by atoms with E-state index in [0.29, 0.717) is 47.6 Å². The van der Waals surface area contributed by atoms with Crippen molar-refractivity contribution < 1.29 is 23.2 Å². The highest BCUT2D eigenvalue weighted by atomic mass is 16.5. The molecule has 8 heteroatoms. The quantitative estimate of drug-likeness (QED) is 0.695. The number of hydrogen-bond donors (Lipinski definition) is 0. The molecule has 8 nitrogen and oxygen atoms in total. The second-order valence-corrected chi connectivity index (χ2v) is 5.91. The van der Waals surface area contributed by atoms with Crippen LogP contribution in [0.15, 0.2) is 45.5 Å². The fraction of sp³-hybridized carbons (Fsp3) is 0.278. The van der Waals surface area contributed by atoms with Gasteiger partial charge in [0.15, 0.2) is 17.3 Å². The van der Waals surface area contributed by atoms with Crippen LogP contribution >= 0.6 is 0 Å². The summed E-state index contributed by atoms with van der Waals surface area (Å²) in [6.07, 6.45) is 1.55. The summed E-state index contributed by atoms with van der Waals surface area (Å²) in [5.74, 6) is 2.53. The van der Waals surface area contributed by atoms with Crippen molar-refractivity contribution in [3.63, 3.8) is 0 Å². The SMILES string of the molecule is COc1ccc(C(=O)N2CC(c3nc(-c4ccco4)no3)C2)cc1OC. The van der Waals surface area contributed by atoms with Crippen LogP contribution < -0.4 is 9.47 Å². The van der Waals surface area contributed by atoms with Gasteiger partial charge in [-0.05, 0) is 30.3 Å². The highest BCUT2D eigenvalue weighted by Gasteiger charge is 2.36.